The molecule has 4 saturated heterocycles. The van der Waals surface area contributed by atoms with Crippen molar-refractivity contribution in [2.45, 2.75) is 186 Å². The number of rotatable bonds is 20. The zero-order valence-corrected chi connectivity index (χ0v) is 51.8. The lowest BCUT2D eigenvalue weighted by atomic mass is 9.92. The molecule has 6 heterocycles. The van der Waals surface area contributed by atoms with Crippen LogP contribution in [0.1, 0.15) is 43.7 Å². The quantitative estimate of drug-likeness (QED) is 0.0547. The van der Waals surface area contributed by atoms with Gasteiger partial charge in [0.2, 0.25) is 41.7 Å². The molecule has 4 fully saturated rings. The number of aliphatic hydroxyl groups is 13. The number of guanidine groups is 2. The van der Waals surface area contributed by atoms with Crippen LogP contribution in [0.3, 0.4) is 0 Å². The Morgan fingerprint density at radius 1 is 0.615 bits per heavy atom. The van der Waals surface area contributed by atoms with E-state index in [4.69, 9.17) is 39.9 Å². The average molecular weight is 1370 g/mol. The van der Waals surface area contributed by atoms with E-state index >= 15 is 9.59 Å². The van der Waals surface area contributed by atoms with Crippen LogP contribution in [0.25, 0.3) is 0 Å². The first-order valence-corrected chi connectivity index (χ1v) is 30.8. The predicted octanol–water partition coefficient (Wildman–Crippen LogP) is -12.3. The Kier molecular flexibility index (Phi) is 25.6. The van der Waals surface area contributed by atoms with Crippen LogP contribution in [0.15, 0.2) is 64.6 Å². The Bertz CT molecular complexity index is 3070. The number of nitrogens with zero attached hydrogens (tertiary/aromatic N) is 3. The summed E-state index contributed by atoms with van der Waals surface area (Å²) in [5.74, 6) is -9.85. The number of aliphatic imine (C=N–C) groups is 2. The van der Waals surface area contributed by atoms with Crippen molar-refractivity contribution in [3.05, 3.63) is 65.7 Å². The molecule has 0 saturated carbocycles. The Morgan fingerprint density at radius 3 is 1.86 bits per heavy atom. The molecule has 6 amide bonds. The molecular weight excluding hydrogens is 1280 g/mol. The fourth-order valence-corrected chi connectivity index (χ4v) is 11.7. The third-order valence-corrected chi connectivity index (χ3v) is 17.2. The van der Waals surface area contributed by atoms with E-state index in [1.54, 1.807) is 44.2 Å². The molecule has 532 valence electrons. The Hall–Kier alpha value is -7.61. The first-order chi connectivity index (χ1) is 45.7. The van der Waals surface area contributed by atoms with Gasteiger partial charge in [0.15, 0.2) is 30.5 Å². The fourth-order valence-electron chi connectivity index (χ4n) is 11.7. The van der Waals surface area contributed by atoms with E-state index in [-0.39, 0.29) is 30.2 Å². The van der Waals surface area contributed by atoms with Crippen LogP contribution in [0.4, 0.5) is 0 Å². The first-order valence-electron chi connectivity index (χ1n) is 30.8. The van der Waals surface area contributed by atoms with Gasteiger partial charge in [0.1, 0.15) is 115 Å². The highest BCUT2D eigenvalue weighted by molar-refractivity contribution is 5.98. The summed E-state index contributed by atoms with van der Waals surface area (Å²) < 4.78 is 34.0. The van der Waals surface area contributed by atoms with Crippen LogP contribution in [-0.2, 0) is 63.7 Å². The number of hydrogen-bond acceptors (Lipinski definition) is 32. The minimum atomic E-state index is -2.35. The third-order valence-electron chi connectivity index (χ3n) is 17.2. The van der Waals surface area contributed by atoms with Crippen molar-refractivity contribution in [1.29, 1.82) is 0 Å². The zero-order chi connectivity index (χ0) is 70.0. The Morgan fingerprint density at radius 2 is 1.23 bits per heavy atom. The van der Waals surface area contributed by atoms with Gasteiger partial charge in [0.05, 0.1) is 58.1 Å². The number of benzene rings is 2. The molecule has 2 aromatic rings. The molecule has 24 N–H and O–H groups in total. The lowest BCUT2D eigenvalue weighted by Gasteiger charge is -2.46. The third kappa shape index (κ3) is 17.0. The summed E-state index contributed by atoms with van der Waals surface area (Å²) in [6, 6.07) is 0.739. The number of carbonyl (C=O) groups excluding carboxylic acids is 7. The molecule has 5 unspecified atom stereocenters. The molecule has 8 rings (SSSR count). The van der Waals surface area contributed by atoms with E-state index in [1.807, 2.05) is 0 Å². The van der Waals surface area contributed by atoms with Crippen molar-refractivity contribution >= 4 is 53.3 Å². The predicted molar refractivity (Wildman–Crippen MR) is 322 cm³/mol. The topological polar surface area (TPSA) is 602 Å². The van der Waals surface area contributed by atoms with Crippen LogP contribution in [-0.4, -0.2) is 317 Å². The molecule has 6 aliphatic heterocycles. The molecular formula is C58H84N12O26. The molecule has 0 spiro atoms. The summed E-state index contributed by atoms with van der Waals surface area (Å²) in [5.41, 5.74) is 12.8. The van der Waals surface area contributed by atoms with E-state index in [2.05, 4.69) is 47.2 Å². The van der Waals surface area contributed by atoms with E-state index < -0.39 is 246 Å². The van der Waals surface area contributed by atoms with Gasteiger partial charge in [0.25, 0.3) is 0 Å². The monoisotopic (exact) mass is 1360 g/mol. The summed E-state index contributed by atoms with van der Waals surface area (Å²) in [7, 11) is 0. The minimum absolute atomic E-state index is 0.0852. The van der Waals surface area contributed by atoms with Crippen molar-refractivity contribution in [1.82, 2.24) is 42.1 Å². The van der Waals surface area contributed by atoms with Gasteiger partial charge in [-0.05, 0) is 29.7 Å². The summed E-state index contributed by atoms with van der Waals surface area (Å²) in [6.45, 7) is -2.36. The van der Waals surface area contributed by atoms with Crippen LogP contribution < -0.4 is 53.4 Å². The lowest BCUT2D eigenvalue weighted by molar-refractivity contribution is -0.353. The van der Waals surface area contributed by atoms with Gasteiger partial charge in [-0.15, -0.1) is 0 Å². The highest BCUT2D eigenvalue weighted by Gasteiger charge is 2.55. The number of nitrogens with one attached hydrogen (secondary N) is 7. The van der Waals surface area contributed by atoms with Crippen molar-refractivity contribution in [3.63, 3.8) is 0 Å². The zero-order valence-electron chi connectivity index (χ0n) is 51.8. The van der Waals surface area contributed by atoms with Crippen LogP contribution in [0.5, 0.6) is 5.75 Å². The number of aliphatic hydroxyl groups excluding tert-OH is 13. The number of ether oxygens (including phenoxy) is 6. The highest BCUT2D eigenvalue weighted by Crippen LogP contribution is 2.33. The van der Waals surface area contributed by atoms with Gasteiger partial charge in [-0.3, -0.25) is 43.5 Å². The van der Waals surface area contributed by atoms with Crippen molar-refractivity contribution in [2.24, 2.45) is 21.5 Å². The van der Waals surface area contributed by atoms with E-state index in [0.29, 0.717) is 12.0 Å². The Labute approximate surface area is 546 Å². The van der Waals surface area contributed by atoms with Crippen molar-refractivity contribution < 1.29 is 128 Å². The fraction of sp³-hybridized carbons (Fsp3) is 0.638. The van der Waals surface area contributed by atoms with Crippen molar-refractivity contribution in [2.75, 3.05) is 46.1 Å². The second kappa shape index (κ2) is 33.1. The molecule has 0 aromatic heterocycles. The van der Waals surface area contributed by atoms with Gasteiger partial charge in [-0.25, -0.2) is 0 Å². The molecule has 0 radical (unpaired) electrons. The van der Waals surface area contributed by atoms with Gasteiger partial charge >= 0.3 is 5.97 Å². The number of carbonyl (C=O) groups is 7. The second-order valence-electron chi connectivity index (χ2n) is 23.8. The van der Waals surface area contributed by atoms with Gasteiger partial charge in [-0.1, -0.05) is 56.3 Å². The standard InChI is InChI=1S/C58H84N12O26/c1-3-7-34(76)95-48-41(80)31(20-73)93-56(46(48)85)96-47-32(21-74)94-55(45(84)43(47)82)91-25-12-10-23(11-13-25)14-26-50(87)68-36(38(77)27-15-62-57(59)66-27)53(90)69-37(39(78)29-16-63-58(60)70(29)54-44(83)42(81)40(79)30(19-72)92-54)52(89)65-28(18-71)49(86)61-17-33(75)67-35(51(88)64-26)22(2)24-8-5-4-6-9-24/h4-6,8-13,22,26-32,35-48,54-56,71-74,77-85H,3,7,14-21H2,1-2H3,(H2,60,63)(H,61,86)(H,64,88)(H,65,89)(H,67,75)(H,68,87)(H,69,90)(H3,59,62,66)/t22?,26-,27?,28+,29?,30-,31-,32-,35+,36+,37-,38?,39?,40-,41-,42+,43-,44+,45+,46+,47-,48+,54+,55+,56-/m1/s1. The van der Waals surface area contributed by atoms with Crippen LogP contribution in [0, 0.1) is 0 Å². The maximum Gasteiger partial charge on any atom is 0.306 e. The van der Waals surface area contributed by atoms with E-state index in [0.717, 1.165) is 4.90 Å². The molecule has 0 aliphatic carbocycles. The van der Waals surface area contributed by atoms with E-state index in [9.17, 15) is 90.4 Å². The molecule has 6 aliphatic rings. The average Bonchev–Trinajstić information content (AvgIpc) is 1.48. The van der Waals surface area contributed by atoms with E-state index in [1.165, 1.54) is 24.3 Å². The molecule has 0 bridgehead atoms. The lowest BCUT2D eigenvalue weighted by Crippen LogP contribution is -2.70. The normalized spacial score (nSPS) is 36.1. The molecule has 38 nitrogen and oxygen atoms in total. The first kappa shape index (κ1) is 74.2. The number of amides is 6. The van der Waals surface area contributed by atoms with Gasteiger partial charge in [-0.2, -0.15) is 0 Å². The second-order valence-corrected chi connectivity index (χ2v) is 23.8. The van der Waals surface area contributed by atoms with Crippen LogP contribution >= 0.6 is 0 Å². The van der Waals surface area contributed by atoms with Crippen LogP contribution in [0.2, 0.25) is 0 Å². The van der Waals surface area contributed by atoms with Crippen molar-refractivity contribution in [3.8, 4) is 5.75 Å². The summed E-state index contributed by atoms with van der Waals surface area (Å²) >= 11 is 0. The molecule has 96 heavy (non-hydrogen) atoms. The smallest absolute Gasteiger partial charge is 0.306 e. The van der Waals surface area contributed by atoms with Gasteiger partial charge in [0, 0.05) is 18.8 Å². The number of hydrogen-bond donors (Lipinski definition) is 22. The maximum atomic E-state index is 15.2. The minimum Gasteiger partial charge on any atom is -0.462 e. The summed E-state index contributed by atoms with van der Waals surface area (Å²) in [5, 5.41) is 159. The molecule has 25 atom stereocenters. The molecule has 38 heteroatoms. The number of esters is 1. The summed E-state index contributed by atoms with van der Waals surface area (Å²) in [4.78, 5) is 109. The SMILES string of the molecule is CCCC(=O)O[C@@H]1[C@H](O)[C@@H](O[C@H]2[C@H](O)[C@H](O)[C@@H](Oc3ccc(C[C@H]4NC(=O)[C@H](C(C)c5ccccc5)NC(=O)CNC(=O)[C@H](CO)NC(=O)[C@@H](C(O)C5CN=C(N)N5[C@H]5O[C@H](CO)[C@@H](O)[C@H](O)[C@@H]5O)NC(=O)[C@H](C(O)C5CN=C(N)N5)NC4=O)cc3)O[C@@H]2CO)O[C@H](CO)[C@H]1O. The number of nitrogens with two attached hydrogens (primary N) is 2. The maximum absolute atomic E-state index is 15.2. The Balaban J connectivity index is 1.09. The summed E-state index contributed by atoms with van der Waals surface area (Å²) in [6.07, 6.45) is -31.5. The largest absolute Gasteiger partial charge is 0.462 e. The molecule has 2 aromatic carbocycles. The highest BCUT2D eigenvalue weighted by atomic mass is 16.7. The van der Waals surface area contributed by atoms with Gasteiger partial charge < -0.3 is 148 Å².